The topological polar surface area (TPSA) is 12.0 Å². The van der Waals surface area contributed by atoms with Crippen molar-refractivity contribution in [3.05, 3.63) is 21.9 Å². The first-order chi connectivity index (χ1) is 8.68. The molecule has 1 heterocycles. The number of thiophene rings is 1. The molecule has 0 aliphatic heterocycles. The van der Waals surface area contributed by atoms with E-state index in [9.17, 15) is 0 Å². The van der Waals surface area contributed by atoms with E-state index >= 15 is 0 Å². The first-order valence-electron chi connectivity index (χ1n) is 7.48. The van der Waals surface area contributed by atoms with Crippen LogP contribution in [0.5, 0.6) is 0 Å². The summed E-state index contributed by atoms with van der Waals surface area (Å²) in [4.78, 5) is 1.51. The summed E-state index contributed by atoms with van der Waals surface area (Å²) in [7, 11) is 0. The molecule has 18 heavy (non-hydrogen) atoms. The predicted molar refractivity (Wildman–Crippen MR) is 81.3 cm³/mol. The molecule has 0 spiro atoms. The first kappa shape index (κ1) is 14.1. The van der Waals surface area contributed by atoms with Gasteiger partial charge in [-0.15, -0.1) is 11.3 Å². The summed E-state index contributed by atoms with van der Waals surface area (Å²) >= 11 is 1.89. The molecule has 2 heteroatoms. The summed E-state index contributed by atoms with van der Waals surface area (Å²) in [5.74, 6) is 0.884. The Bertz CT molecular complexity index is 350. The van der Waals surface area contributed by atoms with Crippen LogP contribution in [0.15, 0.2) is 11.4 Å². The van der Waals surface area contributed by atoms with Crippen molar-refractivity contribution in [1.82, 2.24) is 5.32 Å². The number of nitrogens with one attached hydrogen (secondary N) is 1. The van der Waals surface area contributed by atoms with Gasteiger partial charge in [0.25, 0.3) is 0 Å². The second-order valence-electron chi connectivity index (χ2n) is 5.90. The molecule has 2 rings (SSSR count). The van der Waals surface area contributed by atoms with Gasteiger partial charge >= 0.3 is 0 Å². The zero-order valence-corrected chi connectivity index (χ0v) is 12.9. The molecule has 1 N–H and O–H groups in total. The Balaban J connectivity index is 1.90. The third kappa shape index (κ3) is 3.58. The molecule has 1 aliphatic carbocycles. The number of hydrogen-bond acceptors (Lipinski definition) is 2. The zero-order valence-electron chi connectivity index (χ0n) is 12.0. The van der Waals surface area contributed by atoms with Gasteiger partial charge in [0.1, 0.15) is 0 Å². The van der Waals surface area contributed by atoms with E-state index in [4.69, 9.17) is 0 Å². The first-order valence-corrected chi connectivity index (χ1v) is 8.36. The summed E-state index contributed by atoms with van der Waals surface area (Å²) in [6.07, 6.45) is 8.60. The number of aryl methyl sites for hydroxylation is 1. The van der Waals surface area contributed by atoms with Crippen molar-refractivity contribution in [3.63, 3.8) is 0 Å². The van der Waals surface area contributed by atoms with Crippen molar-refractivity contribution in [2.45, 2.75) is 71.4 Å². The van der Waals surface area contributed by atoms with E-state index in [0.29, 0.717) is 12.1 Å². The lowest BCUT2D eigenvalue weighted by molar-refractivity contribution is 0.317. The monoisotopic (exact) mass is 265 g/mol. The Kier molecular flexibility index (Phi) is 5.25. The molecule has 0 saturated heterocycles. The van der Waals surface area contributed by atoms with Gasteiger partial charge in [-0.05, 0) is 56.5 Å². The van der Waals surface area contributed by atoms with Crippen molar-refractivity contribution >= 4 is 11.3 Å². The van der Waals surface area contributed by atoms with E-state index in [0.717, 1.165) is 5.92 Å². The molecule has 1 unspecified atom stereocenters. The van der Waals surface area contributed by atoms with Gasteiger partial charge in [-0.25, -0.2) is 0 Å². The average molecular weight is 265 g/mol. The van der Waals surface area contributed by atoms with Crippen LogP contribution in [0.4, 0.5) is 0 Å². The molecule has 102 valence electrons. The van der Waals surface area contributed by atoms with E-state index in [1.165, 1.54) is 49.0 Å². The molecule has 0 amide bonds. The SMILES string of the molecule is Cc1ccsc1C(C)N[C@@H](C)C1CCCCCC1. The van der Waals surface area contributed by atoms with Crippen molar-refractivity contribution in [1.29, 1.82) is 0 Å². The third-order valence-corrected chi connectivity index (χ3v) is 5.62. The van der Waals surface area contributed by atoms with Crippen molar-refractivity contribution in [2.24, 2.45) is 5.92 Å². The van der Waals surface area contributed by atoms with Crippen molar-refractivity contribution < 1.29 is 0 Å². The summed E-state index contributed by atoms with van der Waals surface area (Å²) in [5.41, 5.74) is 1.44. The van der Waals surface area contributed by atoms with Crippen molar-refractivity contribution in [2.75, 3.05) is 0 Å². The lowest BCUT2D eigenvalue weighted by Crippen LogP contribution is -2.35. The minimum absolute atomic E-state index is 0.503. The van der Waals surface area contributed by atoms with Crippen LogP contribution in [-0.4, -0.2) is 6.04 Å². The maximum absolute atomic E-state index is 3.83. The Morgan fingerprint density at radius 2 is 1.83 bits per heavy atom. The Hall–Kier alpha value is -0.340. The summed E-state index contributed by atoms with van der Waals surface area (Å²) < 4.78 is 0. The van der Waals surface area contributed by atoms with Crippen LogP contribution in [-0.2, 0) is 0 Å². The van der Waals surface area contributed by atoms with E-state index < -0.39 is 0 Å². The fraction of sp³-hybridized carbons (Fsp3) is 0.750. The maximum Gasteiger partial charge on any atom is 0.0390 e. The highest BCUT2D eigenvalue weighted by molar-refractivity contribution is 7.10. The number of hydrogen-bond donors (Lipinski definition) is 1. The largest absolute Gasteiger partial charge is 0.307 e. The van der Waals surface area contributed by atoms with Crippen LogP contribution >= 0.6 is 11.3 Å². The lowest BCUT2D eigenvalue weighted by Gasteiger charge is -2.27. The molecule has 0 radical (unpaired) electrons. The van der Waals surface area contributed by atoms with E-state index in [1.54, 1.807) is 0 Å². The molecule has 1 aliphatic rings. The summed E-state index contributed by atoms with van der Waals surface area (Å²) in [6, 6.07) is 3.39. The van der Waals surface area contributed by atoms with Gasteiger partial charge < -0.3 is 5.32 Å². The minimum atomic E-state index is 0.503. The van der Waals surface area contributed by atoms with Gasteiger partial charge in [0, 0.05) is 17.0 Å². The van der Waals surface area contributed by atoms with Crippen LogP contribution < -0.4 is 5.32 Å². The Morgan fingerprint density at radius 3 is 2.39 bits per heavy atom. The maximum atomic E-state index is 3.83. The zero-order chi connectivity index (χ0) is 13.0. The van der Waals surface area contributed by atoms with Gasteiger partial charge in [0.15, 0.2) is 0 Å². The summed E-state index contributed by atoms with van der Waals surface area (Å²) in [6.45, 7) is 6.92. The predicted octanol–water partition coefficient (Wildman–Crippen LogP) is 5.07. The molecule has 2 atom stereocenters. The second-order valence-corrected chi connectivity index (χ2v) is 6.84. The van der Waals surface area contributed by atoms with Crippen molar-refractivity contribution in [3.8, 4) is 0 Å². The second kappa shape index (κ2) is 6.72. The molecule has 1 aromatic heterocycles. The molecule has 1 nitrogen and oxygen atoms in total. The van der Waals surface area contributed by atoms with Gasteiger partial charge in [0.2, 0.25) is 0 Å². The molecule has 1 aromatic rings. The van der Waals surface area contributed by atoms with E-state index in [-0.39, 0.29) is 0 Å². The highest BCUT2D eigenvalue weighted by atomic mass is 32.1. The molecule has 1 saturated carbocycles. The van der Waals surface area contributed by atoms with Crippen LogP contribution in [0.2, 0.25) is 0 Å². The highest BCUT2D eigenvalue weighted by Crippen LogP contribution is 2.28. The third-order valence-electron chi connectivity index (χ3n) is 4.41. The van der Waals surface area contributed by atoms with Gasteiger partial charge in [-0.1, -0.05) is 25.7 Å². The standard InChI is InChI=1S/C16H27NS/c1-12-10-11-18-16(12)14(3)17-13(2)15-8-6-4-5-7-9-15/h10-11,13-15,17H,4-9H2,1-3H3/t13-,14?/m0/s1. The van der Waals surface area contributed by atoms with Crippen LogP contribution in [0.1, 0.15) is 68.9 Å². The van der Waals surface area contributed by atoms with E-state index in [1.807, 2.05) is 11.3 Å². The van der Waals surface area contributed by atoms with Gasteiger partial charge in [-0.3, -0.25) is 0 Å². The molecule has 1 fully saturated rings. The van der Waals surface area contributed by atoms with Gasteiger partial charge in [0.05, 0.1) is 0 Å². The Morgan fingerprint density at radius 1 is 1.17 bits per heavy atom. The average Bonchev–Trinajstić information content (AvgIpc) is 2.63. The molecule has 0 bridgehead atoms. The summed E-state index contributed by atoms with van der Waals surface area (Å²) in [5, 5.41) is 6.04. The molecular formula is C16H27NS. The van der Waals surface area contributed by atoms with E-state index in [2.05, 4.69) is 37.5 Å². The minimum Gasteiger partial charge on any atom is -0.307 e. The quantitative estimate of drug-likeness (QED) is 0.750. The number of rotatable bonds is 4. The van der Waals surface area contributed by atoms with Gasteiger partial charge in [-0.2, -0.15) is 0 Å². The normalized spacial score (nSPS) is 21.5. The Labute approximate surface area is 116 Å². The lowest BCUT2D eigenvalue weighted by atomic mass is 9.92. The molecule has 0 aromatic carbocycles. The van der Waals surface area contributed by atoms with Crippen LogP contribution in [0.3, 0.4) is 0 Å². The fourth-order valence-electron chi connectivity index (χ4n) is 3.25. The smallest absolute Gasteiger partial charge is 0.0390 e. The highest BCUT2D eigenvalue weighted by Gasteiger charge is 2.21. The van der Waals surface area contributed by atoms with Crippen LogP contribution in [0.25, 0.3) is 0 Å². The van der Waals surface area contributed by atoms with Crippen LogP contribution in [0, 0.1) is 12.8 Å². The molecular weight excluding hydrogens is 238 g/mol. The fourth-order valence-corrected chi connectivity index (χ4v) is 4.19.